The fraction of sp³-hybridized carbons (Fsp3) is 0.381. The van der Waals surface area contributed by atoms with Gasteiger partial charge in [-0.05, 0) is 42.0 Å². The third-order valence-corrected chi connectivity index (χ3v) is 5.77. The van der Waals surface area contributed by atoms with E-state index in [0.717, 1.165) is 10.4 Å². The van der Waals surface area contributed by atoms with Crippen LogP contribution < -0.4 is 10.6 Å². The van der Waals surface area contributed by atoms with E-state index in [2.05, 4.69) is 10.6 Å². The van der Waals surface area contributed by atoms with E-state index in [9.17, 15) is 18.8 Å². The number of hydrogen-bond acceptors (Lipinski definition) is 4. The number of carbonyl (C=O) groups excluding carboxylic acids is 3. The van der Waals surface area contributed by atoms with Crippen molar-refractivity contribution in [3.05, 3.63) is 58.0 Å². The number of piperidine rings is 1. The Balaban J connectivity index is 1.31. The molecule has 6 nitrogen and oxygen atoms in total. The highest BCUT2D eigenvalue weighted by atomic mass is 32.1. The summed E-state index contributed by atoms with van der Waals surface area (Å²) in [6.07, 6.45) is 1.45. The Morgan fingerprint density at radius 1 is 1.03 bits per heavy atom. The molecule has 0 bridgehead atoms. The molecule has 1 aliphatic rings. The van der Waals surface area contributed by atoms with Crippen LogP contribution in [0.5, 0.6) is 0 Å². The molecule has 154 valence electrons. The van der Waals surface area contributed by atoms with Crippen molar-refractivity contribution < 1.29 is 18.8 Å². The molecule has 0 saturated carbocycles. The monoisotopic (exact) mass is 417 g/mol. The predicted molar refractivity (Wildman–Crippen MR) is 109 cm³/mol. The van der Waals surface area contributed by atoms with Gasteiger partial charge in [0.15, 0.2) is 0 Å². The van der Waals surface area contributed by atoms with E-state index in [0.29, 0.717) is 39.0 Å². The number of hydrogen-bond donors (Lipinski definition) is 2. The maximum atomic E-state index is 12.9. The van der Waals surface area contributed by atoms with Gasteiger partial charge in [0, 0.05) is 32.1 Å². The van der Waals surface area contributed by atoms with E-state index in [-0.39, 0.29) is 35.9 Å². The molecule has 2 N–H and O–H groups in total. The number of amides is 3. The van der Waals surface area contributed by atoms with Gasteiger partial charge in [-0.3, -0.25) is 14.4 Å². The van der Waals surface area contributed by atoms with Gasteiger partial charge < -0.3 is 15.5 Å². The first-order valence-corrected chi connectivity index (χ1v) is 10.5. The van der Waals surface area contributed by atoms with E-state index in [1.807, 2.05) is 17.5 Å². The molecule has 2 heterocycles. The normalized spacial score (nSPS) is 14.4. The third kappa shape index (κ3) is 6.12. The lowest BCUT2D eigenvalue weighted by atomic mass is 9.96. The molecule has 0 radical (unpaired) electrons. The standard InChI is InChI=1S/C21H24FN3O3S/c22-17-5-3-15(4-6-17)14-19(26)23-9-10-24-20(27)16-7-11-25(12-8-16)21(28)18-2-1-13-29-18/h1-6,13,16H,7-12,14H2,(H,23,26)(H,24,27). The molecule has 3 amide bonds. The largest absolute Gasteiger partial charge is 0.354 e. The summed E-state index contributed by atoms with van der Waals surface area (Å²) in [6, 6.07) is 9.47. The zero-order chi connectivity index (χ0) is 20.6. The fourth-order valence-electron chi connectivity index (χ4n) is 3.28. The van der Waals surface area contributed by atoms with Gasteiger partial charge in [0.25, 0.3) is 5.91 Å². The zero-order valence-electron chi connectivity index (χ0n) is 16.0. The number of carbonyl (C=O) groups is 3. The second kappa shape index (κ2) is 10.2. The Bertz CT molecular complexity index is 831. The second-order valence-electron chi connectivity index (χ2n) is 6.99. The molecular weight excluding hydrogens is 393 g/mol. The topological polar surface area (TPSA) is 78.5 Å². The Morgan fingerprint density at radius 3 is 2.38 bits per heavy atom. The maximum Gasteiger partial charge on any atom is 0.263 e. The minimum absolute atomic E-state index is 0.0303. The number of thiophene rings is 1. The van der Waals surface area contributed by atoms with Crippen LogP contribution in [0.2, 0.25) is 0 Å². The van der Waals surface area contributed by atoms with Gasteiger partial charge in [0.2, 0.25) is 11.8 Å². The maximum absolute atomic E-state index is 12.9. The predicted octanol–water partition coefficient (Wildman–Crippen LogP) is 2.21. The summed E-state index contributed by atoms with van der Waals surface area (Å²) in [5.74, 6) is -0.633. The Hall–Kier alpha value is -2.74. The van der Waals surface area contributed by atoms with E-state index in [1.165, 1.54) is 23.5 Å². The molecule has 0 spiro atoms. The quantitative estimate of drug-likeness (QED) is 0.678. The van der Waals surface area contributed by atoms with Crippen LogP contribution in [0.25, 0.3) is 0 Å². The van der Waals surface area contributed by atoms with Gasteiger partial charge in [-0.1, -0.05) is 18.2 Å². The van der Waals surface area contributed by atoms with Crippen molar-refractivity contribution in [2.75, 3.05) is 26.2 Å². The summed E-state index contributed by atoms with van der Waals surface area (Å²) in [4.78, 5) is 39.1. The van der Waals surface area contributed by atoms with Crippen molar-refractivity contribution in [3.63, 3.8) is 0 Å². The number of nitrogens with zero attached hydrogens (tertiary/aromatic N) is 1. The molecule has 0 atom stereocenters. The van der Waals surface area contributed by atoms with Crippen molar-refractivity contribution in [3.8, 4) is 0 Å². The van der Waals surface area contributed by atoms with Crippen LogP contribution in [-0.4, -0.2) is 48.8 Å². The molecule has 0 unspecified atom stereocenters. The average molecular weight is 418 g/mol. The zero-order valence-corrected chi connectivity index (χ0v) is 16.8. The second-order valence-corrected chi connectivity index (χ2v) is 7.94. The molecule has 2 aromatic rings. The van der Waals surface area contributed by atoms with Crippen molar-refractivity contribution >= 4 is 29.1 Å². The summed E-state index contributed by atoms with van der Waals surface area (Å²) in [6.45, 7) is 1.83. The number of benzene rings is 1. The van der Waals surface area contributed by atoms with E-state index in [1.54, 1.807) is 17.0 Å². The van der Waals surface area contributed by atoms with Crippen LogP contribution in [0.4, 0.5) is 4.39 Å². The first kappa shape index (κ1) is 21.0. The minimum Gasteiger partial charge on any atom is -0.354 e. The van der Waals surface area contributed by atoms with E-state index >= 15 is 0 Å². The van der Waals surface area contributed by atoms with Gasteiger partial charge >= 0.3 is 0 Å². The molecule has 1 aromatic carbocycles. The molecular formula is C21H24FN3O3S. The SMILES string of the molecule is O=C(Cc1ccc(F)cc1)NCCNC(=O)C1CCN(C(=O)c2cccs2)CC1. The molecule has 3 rings (SSSR count). The molecule has 1 fully saturated rings. The highest BCUT2D eigenvalue weighted by Crippen LogP contribution is 2.20. The molecule has 0 aliphatic carbocycles. The van der Waals surface area contributed by atoms with E-state index in [4.69, 9.17) is 0 Å². The van der Waals surface area contributed by atoms with Crippen LogP contribution in [0, 0.1) is 11.7 Å². The van der Waals surface area contributed by atoms with E-state index < -0.39 is 0 Å². The third-order valence-electron chi connectivity index (χ3n) is 4.91. The average Bonchev–Trinajstić information content (AvgIpc) is 3.27. The Kier molecular flexibility index (Phi) is 7.35. The van der Waals surface area contributed by atoms with Crippen molar-refractivity contribution in [1.82, 2.24) is 15.5 Å². The van der Waals surface area contributed by atoms with Crippen molar-refractivity contribution in [2.45, 2.75) is 19.3 Å². The van der Waals surface area contributed by atoms with Crippen molar-refractivity contribution in [2.24, 2.45) is 5.92 Å². The highest BCUT2D eigenvalue weighted by Gasteiger charge is 2.27. The first-order chi connectivity index (χ1) is 14.0. The van der Waals surface area contributed by atoms with Gasteiger partial charge in [-0.2, -0.15) is 0 Å². The van der Waals surface area contributed by atoms with Gasteiger partial charge in [-0.25, -0.2) is 4.39 Å². The lowest BCUT2D eigenvalue weighted by Crippen LogP contribution is -2.44. The first-order valence-electron chi connectivity index (χ1n) is 9.64. The number of halogens is 1. The highest BCUT2D eigenvalue weighted by molar-refractivity contribution is 7.12. The number of rotatable bonds is 7. The number of nitrogens with one attached hydrogen (secondary N) is 2. The molecule has 1 aromatic heterocycles. The molecule has 1 aliphatic heterocycles. The van der Waals surface area contributed by atoms with Gasteiger partial charge in [-0.15, -0.1) is 11.3 Å². The van der Waals surface area contributed by atoms with Crippen LogP contribution >= 0.6 is 11.3 Å². The summed E-state index contributed by atoms with van der Waals surface area (Å²) >= 11 is 1.43. The lowest BCUT2D eigenvalue weighted by Gasteiger charge is -2.31. The molecule has 29 heavy (non-hydrogen) atoms. The smallest absolute Gasteiger partial charge is 0.263 e. The van der Waals surface area contributed by atoms with Crippen LogP contribution in [0.3, 0.4) is 0 Å². The summed E-state index contributed by atoms with van der Waals surface area (Å²) < 4.78 is 12.9. The summed E-state index contributed by atoms with van der Waals surface area (Å²) in [5, 5.41) is 7.47. The Labute approximate surface area is 173 Å². The number of likely N-dealkylation sites (tertiary alicyclic amines) is 1. The van der Waals surface area contributed by atoms with Crippen LogP contribution in [0.15, 0.2) is 41.8 Å². The molecule has 8 heteroatoms. The van der Waals surface area contributed by atoms with Gasteiger partial charge in [0.05, 0.1) is 11.3 Å². The lowest BCUT2D eigenvalue weighted by molar-refractivity contribution is -0.126. The van der Waals surface area contributed by atoms with Crippen LogP contribution in [-0.2, 0) is 16.0 Å². The van der Waals surface area contributed by atoms with Crippen molar-refractivity contribution in [1.29, 1.82) is 0 Å². The molecule has 1 saturated heterocycles. The van der Waals surface area contributed by atoms with Crippen LogP contribution in [0.1, 0.15) is 28.1 Å². The minimum atomic E-state index is -0.335. The van der Waals surface area contributed by atoms with Gasteiger partial charge in [0.1, 0.15) is 5.82 Å². The summed E-state index contributed by atoms with van der Waals surface area (Å²) in [7, 11) is 0. The Morgan fingerprint density at radius 2 is 1.72 bits per heavy atom. The fourth-order valence-corrected chi connectivity index (χ4v) is 3.97. The summed E-state index contributed by atoms with van der Waals surface area (Å²) in [5.41, 5.74) is 0.733.